The van der Waals surface area contributed by atoms with E-state index in [1.54, 1.807) is 66.1 Å². The van der Waals surface area contributed by atoms with Gasteiger partial charge in [-0.1, -0.05) is 48.5 Å². The van der Waals surface area contributed by atoms with Crippen molar-refractivity contribution in [1.82, 2.24) is 29.8 Å². The van der Waals surface area contributed by atoms with E-state index in [1.807, 2.05) is 30.3 Å². The molecule has 202 valence electrons. The van der Waals surface area contributed by atoms with Crippen LogP contribution in [-0.2, 0) is 11.8 Å². The van der Waals surface area contributed by atoms with Crippen molar-refractivity contribution in [2.45, 2.75) is 25.1 Å². The molecular weight excluding hydrogens is 511 g/mol. The highest BCUT2D eigenvalue weighted by molar-refractivity contribution is 5.93. The number of benzene rings is 2. The molecule has 0 radical (unpaired) electrons. The smallest absolute Gasteiger partial charge is 0.332 e. The lowest BCUT2D eigenvalue weighted by Crippen LogP contribution is -2.43. The summed E-state index contributed by atoms with van der Waals surface area (Å²) in [4.78, 5) is 27.1. The lowest BCUT2D eigenvalue weighted by Gasteiger charge is -2.19. The van der Waals surface area contributed by atoms with Gasteiger partial charge in [-0.25, -0.2) is 9.48 Å². The van der Waals surface area contributed by atoms with E-state index in [0.29, 0.717) is 28.3 Å². The van der Waals surface area contributed by atoms with Gasteiger partial charge in [0, 0.05) is 30.9 Å². The van der Waals surface area contributed by atoms with Crippen LogP contribution in [0.3, 0.4) is 0 Å². The third-order valence-electron chi connectivity index (χ3n) is 6.58. The van der Waals surface area contributed by atoms with Gasteiger partial charge in [0.15, 0.2) is 0 Å². The van der Waals surface area contributed by atoms with Crippen LogP contribution in [-0.4, -0.2) is 61.7 Å². The normalized spacial score (nSPS) is 17.5. The van der Waals surface area contributed by atoms with E-state index in [2.05, 4.69) is 15.7 Å². The zero-order valence-electron chi connectivity index (χ0n) is 21.2. The Morgan fingerprint density at radius 3 is 2.36 bits per heavy atom. The summed E-state index contributed by atoms with van der Waals surface area (Å²) in [5.74, 6) is -1.26. The number of alkyl halides is 3. The quantitative estimate of drug-likeness (QED) is 0.384. The molecule has 0 unspecified atom stereocenters. The first kappa shape index (κ1) is 26.0. The van der Waals surface area contributed by atoms with Gasteiger partial charge < -0.3 is 10.2 Å². The number of nitrogens with zero attached hydrogens (tertiary/aromatic N) is 5. The van der Waals surface area contributed by atoms with Crippen LogP contribution >= 0.6 is 0 Å². The van der Waals surface area contributed by atoms with Gasteiger partial charge in [-0.05, 0) is 24.6 Å². The predicted octanol–water partition coefficient (Wildman–Crippen LogP) is 4.26. The highest BCUT2D eigenvalue weighted by atomic mass is 19.4. The standard InChI is InChI=1S/C27H26F3N7O2/c1-17-23(19-13-31-35(2)14-19)34-37(20-11-7-4-8-12-20)24(17)33-26(39)32-21-15-36(16-27(28,29)30)25(38)22(21)18-9-5-3-6-10-18/h3-14,21-22H,15-16H2,1-2H3,(H2,32,33,39)/t21-,22+/m1/s1. The number of urea groups is 1. The molecule has 0 saturated carbocycles. The van der Waals surface area contributed by atoms with Crippen molar-refractivity contribution >= 4 is 17.8 Å². The first-order chi connectivity index (χ1) is 18.6. The highest BCUT2D eigenvalue weighted by Gasteiger charge is 2.46. The van der Waals surface area contributed by atoms with Gasteiger partial charge in [0.1, 0.15) is 18.1 Å². The summed E-state index contributed by atoms with van der Waals surface area (Å²) in [6.45, 7) is 0.147. The van der Waals surface area contributed by atoms with Gasteiger partial charge in [-0.2, -0.15) is 23.4 Å². The second-order valence-corrected chi connectivity index (χ2v) is 9.40. The van der Waals surface area contributed by atoms with Gasteiger partial charge >= 0.3 is 12.2 Å². The monoisotopic (exact) mass is 537 g/mol. The molecule has 1 saturated heterocycles. The number of carbonyl (C=O) groups excluding carboxylic acids is 2. The second-order valence-electron chi connectivity index (χ2n) is 9.40. The Hall–Kier alpha value is -4.61. The predicted molar refractivity (Wildman–Crippen MR) is 138 cm³/mol. The third-order valence-corrected chi connectivity index (χ3v) is 6.58. The Balaban J connectivity index is 1.44. The van der Waals surface area contributed by atoms with Crippen molar-refractivity contribution in [3.8, 4) is 16.9 Å². The molecule has 1 aliphatic rings. The van der Waals surface area contributed by atoms with E-state index >= 15 is 0 Å². The number of likely N-dealkylation sites (tertiary alicyclic amines) is 1. The Bertz CT molecular complexity index is 1480. The molecule has 0 aliphatic carbocycles. The topological polar surface area (TPSA) is 97.1 Å². The summed E-state index contributed by atoms with van der Waals surface area (Å²) in [6.07, 6.45) is -1.09. The summed E-state index contributed by atoms with van der Waals surface area (Å²) >= 11 is 0. The van der Waals surface area contributed by atoms with Crippen LogP contribution in [0.5, 0.6) is 0 Å². The third kappa shape index (κ3) is 5.49. The number of anilines is 1. The fraction of sp³-hybridized carbons (Fsp3) is 0.259. The minimum atomic E-state index is -4.56. The molecule has 1 aliphatic heterocycles. The average molecular weight is 538 g/mol. The largest absolute Gasteiger partial charge is 0.406 e. The van der Waals surface area contributed by atoms with Crippen LogP contribution in [0, 0.1) is 6.92 Å². The van der Waals surface area contributed by atoms with Gasteiger partial charge in [-0.3, -0.25) is 14.8 Å². The zero-order chi connectivity index (χ0) is 27.7. The number of para-hydroxylation sites is 1. The molecule has 39 heavy (non-hydrogen) atoms. The number of aromatic nitrogens is 4. The van der Waals surface area contributed by atoms with Crippen molar-refractivity contribution in [3.05, 3.63) is 84.2 Å². The van der Waals surface area contributed by atoms with E-state index < -0.39 is 36.6 Å². The maximum Gasteiger partial charge on any atom is 0.406 e. The lowest BCUT2D eigenvalue weighted by atomic mass is 9.94. The molecular formula is C27H26F3N7O2. The number of halogens is 3. The number of nitrogens with one attached hydrogen (secondary N) is 2. The van der Waals surface area contributed by atoms with Crippen LogP contribution in [0.4, 0.5) is 23.8 Å². The first-order valence-corrected chi connectivity index (χ1v) is 12.2. The molecule has 2 aromatic heterocycles. The number of rotatable bonds is 6. The number of amides is 3. The van der Waals surface area contributed by atoms with Gasteiger partial charge in [-0.15, -0.1) is 0 Å². The summed E-state index contributed by atoms with van der Waals surface area (Å²) in [6, 6.07) is 16.1. The van der Waals surface area contributed by atoms with E-state index in [9.17, 15) is 22.8 Å². The fourth-order valence-corrected chi connectivity index (χ4v) is 4.85. The SMILES string of the molecule is Cc1c(-c2cnn(C)c2)nn(-c2ccccc2)c1NC(=O)N[C@@H]1CN(CC(F)(F)F)C(=O)[C@H]1c1ccccc1. The maximum atomic E-state index is 13.3. The lowest BCUT2D eigenvalue weighted by molar-refractivity contribution is -0.157. The minimum absolute atomic E-state index is 0.275. The first-order valence-electron chi connectivity index (χ1n) is 12.2. The van der Waals surface area contributed by atoms with Gasteiger partial charge in [0.25, 0.3) is 0 Å². The van der Waals surface area contributed by atoms with Crippen molar-refractivity contribution in [2.24, 2.45) is 7.05 Å². The number of carbonyl (C=O) groups is 2. The molecule has 0 spiro atoms. The van der Waals surface area contributed by atoms with E-state index in [-0.39, 0.29) is 6.54 Å². The zero-order valence-corrected chi connectivity index (χ0v) is 21.2. The van der Waals surface area contributed by atoms with E-state index in [0.717, 1.165) is 10.5 Å². The van der Waals surface area contributed by atoms with E-state index in [4.69, 9.17) is 5.10 Å². The molecule has 1 fully saturated rings. The van der Waals surface area contributed by atoms with Crippen molar-refractivity contribution in [3.63, 3.8) is 0 Å². The van der Waals surface area contributed by atoms with Crippen molar-refractivity contribution < 1.29 is 22.8 Å². The van der Waals surface area contributed by atoms with Crippen LogP contribution in [0.15, 0.2) is 73.1 Å². The van der Waals surface area contributed by atoms with Crippen molar-refractivity contribution in [2.75, 3.05) is 18.4 Å². The molecule has 12 heteroatoms. The summed E-state index contributed by atoms with van der Waals surface area (Å²) in [5.41, 5.74) is 3.25. The Labute approximate surface area is 222 Å². The number of aryl methyl sites for hydroxylation is 1. The fourth-order valence-electron chi connectivity index (χ4n) is 4.85. The second kappa shape index (κ2) is 10.3. The maximum absolute atomic E-state index is 13.3. The van der Waals surface area contributed by atoms with E-state index in [1.165, 1.54) is 0 Å². The highest BCUT2D eigenvalue weighted by Crippen LogP contribution is 2.33. The molecule has 3 heterocycles. The van der Waals surface area contributed by atoms with Gasteiger partial charge in [0.2, 0.25) is 5.91 Å². The van der Waals surface area contributed by atoms with Crippen molar-refractivity contribution in [1.29, 1.82) is 0 Å². The number of hydrogen-bond acceptors (Lipinski definition) is 4. The molecule has 4 aromatic rings. The Morgan fingerprint density at radius 2 is 1.74 bits per heavy atom. The Kier molecular flexibility index (Phi) is 6.85. The molecule has 2 aromatic carbocycles. The summed E-state index contributed by atoms with van der Waals surface area (Å²) in [5, 5.41) is 14.5. The molecule has 3 amide bonds. The van der Waals surface area contributed by atoms with Crippen LogP contribution < -0.4 is 10.6 Å². The van der Waals surface area contributed by atoms with Gasteiger partial charge in [0.05, 0.1) is 23.8 Å². The molecule has 5 rings (SSSR count). The number of hydrogen-bond donors (Lipinski definition) is 2. The molecule has 0 bridgehead atoms. The summed E-state index contributed by atoms with van der Waals surface area (Å²) in [7, 11) is 1.79. The molecule has 2 atom stereocenters. The average Bonchev–Trinajstić information content (AvgIpc) is 3.55. The Morgan fingerprint density at radius 1 is 1.08 bits per heavy atom. The van der Waals surface area contributed by atoms with Crippen LogP contribution in [0.2, 0.25) is 0 Å². The molecule has 2 N–H and O–H groups in total. The summed E-state index contributed by atoms with van der Waals surface area (Å²) < 4.78 is 42.7. The van der Waals surface area contributed by atoms with Crippen LogP contribution in [0.25, 0.3) is 16.9 Å². The minimum Gasteiger partial charge on any atom is -0.332 e. The molecule has 9 nitrogen and oxygen atoms in total. The van der Waals surface area contributed by atoms with Crippen LogP contribution in [0.1, 0.15) is 17.0 Å².